The molecule has 0 spiro atoms. The molecule has 8 aromatic rings. The highest BCUT2D eigenvalue weighted by Gasteiger charge is 2.23. The Morgan fingerprint density at radius 2 is 1.31 bits per heavy atom. The maximum Gasteiger partial charge on any atom is 0.0682 e. The first-order chi connectivity index (χ1) is 19.4. The quantitative estimate of drug-likeness (QED) is 0.227. The number of benzene rings is 6. The molecule has 1 aliphatic heterocycles. The SMILES string of the molecule is C1=Nc2cccc(-n3c4ccccc4c4ccc5c(c6ccc7ccccc7c6n5-c5ccccc5)c43)c2C1. The normalized spacial score (nSPS) is 12.9. The summed E-state index contributed by atoms with van der Waals surface area (Å²) in [6, 6.07) is 44.0. The van der Waals surface area contributed by atoms with E-state index >= 15 is 0 Å². The highest BCUT2D eigenvalue weighted by atomic mass is 15.0. The van der Waals surface area contributed by atoms with Crippen molar-refractivity contribution in [2.24, 2.45) is 4.99 Å². The fourth-order valence-corrected chi connectivity index (χ4v) is 6.75. The molecule has 0 bridgehead atoms. The van der Waals surface area contributed by atoms with E-state index in [0.29, 0.717) is 0 Å². The van der Waals surface area contributed by atoms with Gasteiger partial charge in [0.15, 0.2) is 0 Å². The van der Waals surface area contributed by atoms with Crippen LogP contribution in [0, 0.1) is 0 Å². The maximum atomic E-state index is 4.68. The molecule has 182 valence electrons. The number of aliphatic imine (C=N–C) groups is 1. The highest BCUT2D eigenvalue weighted by Crippen LogP contribution is 2.44. The summed E-state index contributed by atoms with van der Waals surface area (Å²) in [5.41, 5.74) is 9.69. The Kier molecular flexibility index (Phi) is 4.11. The molecule has 0 amide bonds. The number of aromatic nitrogens is 2. The van der Waals surface area contributed by atoms with Gasteiger partial charge in [-0.1, -0.05) is 84.9 Å². The van der Waals surface area contributed by atoms with E-state index in [0.717, 1.165) is 12.1 Å². The smallest absolute Gasteiger partial charge is 0.0682 e. The molecule has 3 nitrogen and oxygen atoms in total. The first-order valence-corrected chi connectivity index (χ1v) is 13.5. The summed E-state index contributed by atoms with van der Waals surface area (Å²) >= 11 is 0. The standard InChI is InChI=1S/C36H23N3/c1-2-10-24(11-3-1)38-33-20-19-27-26-13-6-7-15-31(26)39(32-16-8-14-30-28(32)21-22-37-30)36(27)34(33)29-18-17-23-9-4-5-12-25(23)35(29)38/h1-20,22H,21H2. The average molecular weight is 498 g/mol. The zero-order chi connectivity index (χ0) is 25.5. The van der Waals surface area contributed by atoms with Gasteiger partial charge in [0.05, 0.1) is 33.4 Å². The molecule has 0 unspecified atom stereocenters. The second kappa shape index (κ2) is 7.68. The summed E-state index contributed by atoms with van der Waals surface area (Å²) in [6.07, 6.45) is 2.89. The summed E-state index contributed by atoms with van der Waals surface area (Å²) in [7, 11) is 0. The van der Waals surface area contributed by atoms with Gasteiger partial charge in [-0.05, 0) is 41.8 Å². The van der Waals surface area contributed by atoms with E-state index < -0.39 is 0 Å². The summed E-state index contributed by atoms with van der Waals surface area (Å²) in [4.78, 5) is 4.68. The minimum atomic E-state index is 0.853. The molecule has 9 rings (SSSR count). The molecule has 0 aliphatic carbocycles. The summed E-state index contributed by atoms with van der Waals surface area (Å²) in [6.45, 7) is 0. The van der Waals surface area contributed by atoms with Gasteiger partial charge in [-0.15, -0.1) is 0 Å². The molecule has 0 saturated heterocycles. The van der Waals surface area contributed by atoms with Gasteiger partial charge in [0.2, 0.25) is 0 Å². The molecule has 0 fully saturated rings. The van der Waals surface area contributed by atoms with Crippen LogP contribution < -0.4 is 0 Å². The first kappa shape index (κ1) is 20.9. The van der Waals surface area contributed by atoms with Crippen molar-refractivity contribution in [3.05, 3.63) is 127 Å². The lowest BCUT2D eigenvalue weighted by atomic mass is 10.0. The topological polar surface area (TPSA) is 22.2 Å². The minimum Gasteiger partial charge on any atom is -0.309 e. The van der Waals surface area contributed by atoms with Crippen LogP contribution in [-0.2, 0) is 6.42 Å². The second-order valence-corrected chi connectivity index (χ2v) is 10.4. The molecule has 0 atom stereocenters. The fourth-order valence-electron chi connectivity index (χ4n) is 6.75. The molecule has 3 heterocycles. The Bertz CT molecular complexity index is 2300. The van der Waals surface area contributed by atoms with Gasteiger partial charge in [0.25, 0.3) is 0 Å². The zero-order valence-electron chi connectivity index (χ0n) is 21.2. The largest absolute Gasteiger partial charge is 0.309 e. The van der Waals surface area contributed by atoms with Gasteiger partial charge in [0, 0.05) is 50.8 Å². The molecule has 3 heteroatoms. The first-order valence-electron chi connectivity index (χ1n) is 13.5. The zero-order valence-corrected chi connectivity index (χ0v) is 21.2. The van der Waals surface area contributed by atoms with Crippen molar-refractivity contribution in [3.8, 4) is 11.4 Å². The average Bonchev–Trinajstić information content (AvgIpc) is 3.70. The van der Waals surface area contributed by atoms with Crippen LogP contribution in [0.1, 0.15) is 5.56 Å². The van der Waals surface area contributed by atoms with Gasteiger partial charge < -0.3 is 9.13 Å². The Morgan fingerprint density at radius 1 is 0.513 bits per heavy atom. The van der Waals surface area contributed by atoms with Crippen LogP contribution in [-0.4, -0.2) is 15.3 Å². The van der Waals surface area contributed by atoms with Crippen molar-refractivity contribution >= 4 is 66.3 Å². The number of para-hydroxylation sites is 2. The monoisotopic (exact) mass is 497 g/mol. The Labute approximate surface area is 224 Å². The van der Waals surface area contributed by atoms with Crippen LogP contribution in [0.4, 0.5) is 5.69 Å². The van der Waals surface area contributed by atoms with E-state index in [2.05, 4.69) is 135 Å². The molecule has 1 aliphatic rings. The van der Waals surface area contributed by atoms with Gasteiger partial charge in [-0.3, -0.25) is 4.99 Å². The Hall–Kier alpha value is -5.15. The molecular weight excluding hydrogens is 474 g/mol. The van der Waals surface area contributed by atoms with Crippen molar-refractivity contribution in [3.63, 3.8) is 0 Å². The van der Waals surface area contributed by atoms with Crippen LogP contribution in [0.15, 0.2) is 126 Å². The van der Waals surface area contributed by atoms with Crippen molar-refractivity contribution in [1.82, 2.24) is 9.13 Å². The van der Waals surface area contributed by atoms with E-state index in [1.54, 1.807) is 0 Å². The number of hydrogen-bond donors (Lipinski definition) is 0. The number of rotatable bonds is 2. The van der Waals surface area contributed by atoms with Crippen LogP contribution in [0.25, 0.3) is 65.8 Å². The second-order valence-electron chi connectivity index (χ2n) is 10.4. The summed E-state index contributed by atoms with van der Waals surface area (Å²) < 4.78 is 4.94. The lowest BCUT2D eigenvalue weighted by Crippen LogP contribution is -1.99. The minimum absolute atomic E-state index is 0.853. The molecule has 0 N–H and O–H groups in total. The number of fused-ring (bicyclic) bond motifs is 10. The van der Waals surface area contributed by atoms with Gasteiger partial charge in [0.1, 0.15) is 0 Å². The lowest BCUT2D eigenvalue weighted by molar-refractivity contribution is 1.15. The van der Waals surface area contributed by atoms with Crippen molar-refractivity contribution in [1.29, 1.82) is 0 Å². The van der Waals surface area contributed by atoms with Crippen molar-refractivity contribution < 1.29 is 0 Å². The summed E-state index contributed by atoms with van der Waals surface area (Å²) in [5.74, 6) is 0. The third-order valence-electron chi connectivity index (χ3n) is 8.36. The van der Waals surface area contributed by atoms with E-state index in [-0.39, 0.29) is 0 Å². The van der Waals surface area contributed by atoms with Gasteiger partial charge in [-0.2, -0.15) is 0 Å². The van der Waals surface area contributed by atoms with E-state index in [9.17, 15) is 0 Å². The molecule has 6 aromatic carbocycles. The Balaban J connectivity index is 1.57. The highest BCUT2D eigenvalue weighted by molar-refractivity contribution is 6.29. The van der Waals surface area contributed by atoms with Crippen LogP contribution in [0.3, 0.4) is 0 Å². The lowest BCUT2D eigenvalue weighted by Gasteiger charge is -2.13. The van der Waals surface area contributed by atoms with E-state index in [1.165, 1.54) is 71.3 Å². The van der Waals surface area contributed by atoms with Crippen molar-refractivity contribution in [2.45, 2.75) is 6.42 Å². The van der Waals surface area contributed by atoms with E-state index in [4.69, 9.17) is 0 Å². The molecule has 0 saturated carbocycles. The number of hydrogen-bond acceptors (Lipinski definition) is 1. The predicted molar refractivity (Wildman–Crippen MR) is 164 cm³/mol. The molecule has 2 aromatic heterocycles. The molecule has 39 heavy (non-hydrogen) atoms. The van der Waals surface area contributed by atoms with Crippen LogP contribution in [0.5, 0.6) is 0 Å². The van der Waals surface area contributed by atoms with Gasteiger partial charge in [-0.25, -0.2) is 0 Å². The maximum absolute atomic E-state index is 4.68. The molecular formula is C36H23N3. The third-order valence-corrected chi connectivity index (χ3v) is 8.36. The van der Waals surface area contributed by atoms with Gasteiger partial charge >= 0.3 is 0 Å². The van der Waals surface area contributed by atoms with Crippen molar-refractivity contribution in [2.75, 3.05) is 0 Å². The van der Waals surface area contributed by atoms with Crippen LogP contribution in [0.2, 0.25) is 0 Å². The fraction of sp³-hybridized carbons (Fsp3) is 0.0278. The van der Waals surface area contributed by atoms with Crippen LogP contribution >= 0.6 is 0 Å². The Morgan fingerprint density at radius 3 is 2.23 bits per heavy atom. The predicted octanol–water partition coefficient (Wildman–Crippen LogP) is 9.29. The molecule has 0 radical (unpaired) electrons. The third kappa shape index (κ3) is 2.74. The summed E-state index contributed by atoms with van der Waals surface area (Å²) in [5, 5.41) is 7.61. The number of nitrogens with zero attached hydrogens (tertiary/aromatic N) is 3. The van der Waals surface area contributed by atoms with E-state index in [1.807, 2.05) is 6.21 Å².